The van der Waals surface area contributed by atoms with Crippen molar-refractivity contribution in [1.82, 2.24) is 0 Å². The molecule has 316 valence electrons. The molecule has 2 aromatic rings. The van der Waals surface area contributed by atoms with E-state index in [0.29, 0.717) is 49.7 Å². The van der Waals surface area contributed by atoms with Crippen LogP contribution in [0.4, 0.5) is 0 Å². The summed E-state index contributed by atoms with van der Waals surface area (Å²) >= 11 is 0. The van der Waals surface area contributed by atoms with Crippen molar-refractivity contribution in [3.05, 3.63) is 69.8 Å². The van der Waals surface area contributed by atoms with Gasteiger partial charge in [-0.15, -0.1) is 0 Å². The molecular weight excluding hydrogens is 738 g/mol. The molecule has 12 heteroatoms. The molecular formula is C43H74O10P2. The second-order valence-electron chi connectivity index (χ2n) is 21.3. The first-order chi connectivity index (χ1) is 24.4. The normalized spacial score (nSPS) is 24.5. The van der Waals surface area contributed by atoms with Crippen LogP contribution in [0.25, 0.3) is 0 Å². The van der Waals surface area contributed by atoms with Crippen LogP contribution in [0.3, 0.4) is 0 Å². The monoisotopic (exact) mass is 812 g/mol. The van der Waals surface area contributed by atoms with E-state index < -0.39 is 59.6 Å². The molecule has 2 aliphatic rings. The summed E-state index contributed by atoms with van der Waals surface area (Å²) in [5.74, 6) is -1.48. The van der Waals surface area contributed by atoms with Crippen LogP contribution in [0.1, 0.15) is 174 Å². The van der Waals surface area contributed by atoms with Gasteiger partial charge in [-0.2, -0.15) is 0 Å². The van der Waals surface area contributed by atoms with Gasteiger partial charge in [-0.3, -0.25) is 0 Å². The topological polar surface area (TPSA) is 202 Å². The summed E-state index contributed by atoms with van der Waals surface area (Å²) in [5, 5.41) is 47.9. The molecule has 2 saturated carbocycles. The van der Waals surface area contributed by atoms with E-state index in [-0.39, 0.29) is 41.2 Å². The van der Waals surface area contributed by atoms with Gasteiger partial charge < -0.3 is 0 Å². The predicted octanol–water partition coefficient (Wildman–Crippen LogP) is 7.82. The van der Waals surface area contributed by atoms with Crippen molar-refractivity contribution in [3.63, 3.8) is 0 Å². The minimum atomic E-state index is -6.50. The van der Waals surface area contributed by atoms with E-state index in [1.54, 1.807) is 12.1 Å². The maximum atomic E-state index is 12.2. The Morgan fingerprint density at radius 1 is 0.436 bits per heavy atom. The molecule has 2 aliphatic carbocycles. The summed E-state index contributed by atoms with van der Waals surface area (Å²) in [7, 11) is -13.0. The van der Waals surface area contributed by atoms with Crippen LogP contribution in [0.5, 0.6) is 0 Å². The third-order valence-corrected chi connectivity index (χ3v) is 19.5. The van der Waals surface area contributed by atoms with Crippen molar-refractivity contribution in [2.75, 3.05) is 0 Å². The van der Waals surface area contributed by atoms with Crippen LogP contribution in [0, 0.1) is 11.8 Å². The molecule has 4 unspecified atom stereocenters. The fourth-order valence-corrected chi connectivity index (χ4v) is 15.0. The molecule has 0 aromatic heterocycles. The Morgan fingerprint density at radius 3 is 1.00 bits per heavy atom. The Hall–Kier alpha value is -1.10. The van der Waals surface area contributed by atoms with E-state index in [1.165, 1.54) is 12.1 Å². The Balaban J connectivity index is 1.80. The molecule has 10 N–H and O–H groups in total. The molecule has 2 fully saturated rings. The fraction of sp³-hybridized carbons (Fsp3) is 0.721. The van der Waals surface area contributed by atoms with Gasteiger partial charge in [0.1, 0.15) is 0 Å². The zero-order chi connectivity index (χ0) is 42.3. The molecule has 10 nitrogen and oxygen atoms in total. The zero-order valence-corrected chi connectivity index (χ0v) is 37.3. The molecule has 55 heavy (non-hydrogen) atoms. The van der Waals surface area contributed by atoms with Crippen LogP contribution >= 0.6 is 14.6 Å². The van der Waals surface area contributed by atoms with Crippen LogP contribution < -0.4 is 0 Å². The van der Waals surface area contributed by atoms with Gasteiger partial charge in [-0.1, -0.05) is 0 Å². The summed E-state index contributed by atoms with van der Waals surface area (Å²) < 4.78 is 0. The van der Waals surface area contributed by atoms with Crippen molar-refractivity contribution in [2.45, 2.75) is 185 Å². The standard InChI is InChI=1S/C43H74O10P2/c1-38(2,3)30-21-23-32(34(26-30)40(7,8)9)42(44,45)54(48,49,50)36-19-15-13-17-28(36)25-29-18-14-16-20-37(29)55(51,52,53)43(46,47)33-24-22-31(39(4,5)6)27-35(33)41(10,11)12/h21-24,26-29,36-37,44-53H,13-20,25H2,1-12H3. The summed E-state index contributed by atoms with van der Waals surface area (Å²) in [6.45, 7) is 23.4. The summed E-state index contributed by atoms with van der Waals surface area (Å²) in [5.41, 5.74) is -9.31. The summed E-state index contributed by atoms with van der Waals surface area (Å²) in [6.07, 6.45) is 3.15. The predicted molar refractivity (Wildman–Crippen MR) is 223 cm³/mol. The van der Waals surface area contributed by atoms with Crippen LogP contribution in [0.15, 0.2) is 36.4 Å². The third-order valence-electron chi connectivity index (χ3n) is 12.9. The number of rotatable bonds is 8. The first-order valence-electron chi connectivity index (χ1n) is 20.2. The Kier molecular flexibility index (Phi) is 12.1. The van der Waals surface area contributed by atoms with Gasteiger partial charge in [0.2, 0.25) is 0 Å². The molecule has 4 atom stereocenters. The van der Waals surface area contributed by atoms with Gasteiger partial charge in [0.25, 0.3) is 0 Å². The third kappa shape index (κ3) is 8.51. The number of hydrogen-bond acceptors (Lipinski definition) is 10. The van der Waals surface area contributed by atoms with Crippen molar-refractivity contribution in [3.8, 4) is 0 Å². The maximum absolute atomic E-state index is 12.2. The van der Waals surface area contributed by atoms with Gasteiger partial charge in [0.15, 0.2) is 0 Å². The van der Waals surface area contributed by atoms with E-state index in [2.05, 4.69) is 0 Å². The van der Waals surface area contributed by atoms with Gasteiger partial charge in [0.05, 0.1) is 0 Å². The Bertz CT molecular complexity index is 1580. The number of hydrogen-bond donors (Lipinski definition) is 10. The van der Waals surface area contributed by atoms with Crippen LogP contribution in [0.2, 0.25) is 0 Å². The average Bonchev–Trinajstić information content (AvgIpc) is 3.02. The quantitative estimate of drug-likeness (QED) is 0.0925. The number of aliphatic hydroxyl groups is 4. The van der Waals surface area contributed by atoms with E-state index in [1.807, 2.05) is 95.2 Å². The van der Waals surface area contributed by atoms with E-state index >= 15 is 0 Å². The minimum absolute atomic E-state index is 0.0465. The van der Waals surface area contributed by atoms with Crippen molar-refractivity contribution in [1.29, 1.82) is 0 Å². The first kappa shape index (κ1) is 46.6. The molecule has 2 aromatic carbocycles. The van der Waals surface area contributed by atoms with Gasteiger partial charge in [-0.25, -0.2) is 0 Å². The molecule has 0 saturated heterocycles. The van der Waals surface area contributed by atoms with E-state index in [9.17, 15) is 49.8 Å². The van der Waals surface area contributed by atoms with Crippen molar-refractivity contribution in [2.24, 2.45) is 11.8 Å². The Labute approximate surface area is 330 Å². The molecule has 0 radical (unpaired) electrons. The summed E-state index contributed by atoms with van der Waals surface area (Å²) in [6, 6.07) is 9.95. The van der Waals surface area contributed by atoms with Crippen molar-refractivity contribution >= 4 is 14.6 Å². The van der Waals surface area contributed by atoms with Gasteiger partial charge in [0, 0.05) is 0 Å². The second-order valence-corrected chi connectivity index (χ2v) is 28.1. The van der Waals surface area contributed by atoms with Crippen LogP contribution in [-0.2, 0) is 32.7 Å². The Morgan fingerprint density at radius 2 is 0.727 bits per heavy atom. The second kappa shape index (κ2) is 14.3. The van der Waals surface area contributed by atoms with Gasteiger partial charge >= 0.3 is 331 Å². The SMILES string of the molecule is CC(C)(C)c1ccc(C(O)(O)P(O)(O)(O)C2CCCCC2CC2CCCCC2P(O)(O)(O)C(O)(O)c2ccc(C(C)(C)C)cc2C(C)(C)C)c(C(C)(C)C)c1. The molecule has 0 bridgehead atoms. The van der Waals surface area contributed by atoms with E-state index in [4.69, 9.17) is 0 Å². The molecule has 0 amide bonds. The fourth-order valence-electron chi connectivity index (χ4n) is 9.34. The zero-order valence-electron chi connectivity index (χ0n) is 35.5. The molecule has 0 aliphatic heterocycles. The summed E-state index contributed by atoms with van der Waals surface area (Å²) in [4.78, 5) is 73.0. The number of benzene rings is 2. The average molecular weight is 813 g/mol. The molecule has 0 heterocycles. The van der Waals surface area contributed by atoms with E-state index in [0.717, 1.165) is 11.1 Å². The molecule has 0 spiro atoms. The van der Waals surface area contributed by atoms with Gasteiger partial charge in [-0.05, 0) is 0 Å². The van der Waals surface area contributed by atoms with Crippen molar-refractivity contribution < 1.29 is 49.8 Å². The first-order valence-corrected chi connectivity index (χ1v) is 24.5. The van der Waals surface area contributed by atoms with Crippen LogP contribution in [-0.4, -0.2) is 61.1 Å². The molecule has 4 rings (SSSR count).